The standard InChI is InChI=1S/C62H104N10O15/c1-20-47-62(16)50(72(57(79)87-62)29-22-21-28-71-37-45(67-68-71)42-24-23-25-43(32-42)66-56(78)86-60(12,13)14)41(5)65-35-38(2)34-61(15,80-19)51(39(3)48(73)40(4)52(75)82-47)83-53-49(74)46(69(17)18)33-44(81-53)36-70(30-26-63-54(76)84-58(6,7)8)31-27-64-55(77)85-59(9,10)11/h23-25,32,37-41,44,46-47,49-51,53,65,74H,20-22,26-31,33-36H2,1-19H3,(H,63,76)(H,64,77)(H,66,78)/t38-,39+,40-,41-,44?,46?,47-,49?,50-,51-,53+,61-,62-/m1/s1. The molecule has 0 saturated carbocycles. The first kappa shape index (κ1) is 72.0. The van der Waals surface area contributed by atoms with Crippen LogP contribution < -0.4 is 21.3 Å². The number of nitrogens with zero attached hydrogens (tertiary/aromatic N) is 6. The van der Waals surface area contributed by atoms with Crippen LogP contribution in [0.1, 0.15) is 143 Å². The van der Waals surface area contributed by atoms with Gasteiger partial charge < -0.3 is 63.9 Å². The number of Topliss-reactive ketones (excluding diaryl/α,β-unsaturated/α-hetero) is 1. The van der Waals surface area contributed by atoms with E-state index in [9.17, 15) is 33.9 Å². The van der Waals surface area contributed by atoms with Gasteiger partial charge in [-0.1, -0.05) is 38.1 Å². The van der Waals surface area contributed by atoms with Crippen molar-refractivity contribution in [1.82, 2.24) is 45.6 Å². The number of amides is 4. The second-order valence-electron chi connectivity index (χ2n) is 27.3. The predicted molar refractivity (Wildman–Crippen MR) is 327 cm³/mol. The number of fused-ring (bicyclic) bond motifs is 1. The topological polar surface area (TPSA) is 285 Å². The number of cyclic esters (lactones) is 1. The third-order valence-electron chi connectivity index (χ3n) is 16.0. The molecule has 3 saturated heterocycles. The third kappa shape index (κ3) is 20.9. The van der Waals surface area contributed by atoms with Crippen LogP contribution in [-0.2, 0) is 54.0 Å². The van der Waals surface area contributed by atoms with Gasteiger partial charge in [0.1, 0.15) is 40.6 Å². The molecule has 25 nitrogen and oxygen atoms in total. The van der Waals surface area contributed by atoms with Gasteiger partial charge in [0.05, 0.1) is 30.0 Å². The van der Waals surface area contributed by atoms with Gasteiger partial charge in [0.15, 0.2) is 17.7 Å². The summed E-state index contributed by atoms with van der Waals surface area (Å²) < 4.78 is 50.8. The Labute approximate surface area is 515 Å². The van der Waals surface area contributed by atoms with E-state index in [1.807, 2.05) is 63.0 Å². The lowest BCUT2D eigenvalue weighted by molar-refractivity contribution is -0.298. The number of unbranched alkanes of at least 4 members (excludes halogenated alkanes) is 1. The van der Waals surface area contributed by atoms with Crippen LogP contribution >= 0.6 is 0 Å². The minimum Gasteiger partial charge on any atom is -0.458 e. The number of likely N-dealkylation sites (N-methyl/N-ethyl adjacent to an activating group) is 1. The van der Waals surface area contributed by atoms with Crippen LogP contribution in [-0.4, -0.2) is 215 Å². The summed E-state index contributed by atoms with van der Waals surface area (Å²) in [6, 6.07) is 5.75. The lowest BCUT2D eigenvalue weighted by atomic mass is 9.78. The van der Waals surface area contributed by atoms with Crippen LogP contribution in [0, 0.1) is 17.8 Å². The molecule has 2 aromatic rings. The van der Waals surface area contributed by atoms with E-state index in [4.69, 9.17) is 37.9 Å². The van der Waals surface area contributed by atoms with Crippen molar-refractivity contribution in [2.75, 3.05) is 72.3 Å². The molecule has 13 atom stereocenters. The van der Waals surface area contributed by atoms with Gasteiger partial charge in [0, 0.05) is 82.2 Å². The summed E-state index contributed by atoms with van der Waals surface area (Å²) in [7, 11) is 5.25. The van der Waals surface area contributed by atoms with E-state index in [0.29, 0.717) is 76.3 Å². The average molecular weight is 1230 g/mol. The fourth-order valence-electron chi connectivity index (χ4n) is 11.8. The predicted octanol–water partition coefficient (Wildman–Crippen LogP) is 7.38. The molecule has 1 aromatic carbocycles. The van der Waals surface area contributed by atoms with Crippen molar-refractivity contribution in [3.63, 3.8) is 0 Å². The third-order valence-corrected chi connectivity index (χ3v) is 16.0. The Balaban J connectivity index is 1.35. The fourth-order valence-corrected chi connectivity index (χ4v) is 11.8. The number of alkyl carbamates (subject to hydrolysis) is 2. The summed E-state index contributed by atoms with van der Waals surface area (Å²) in [6.07, 6.45) is -3.35. The van der Waals surface area contributed by atoms with E-state index in [-0.39, 0.29) is 25.4 Å². The molecule has 5 N–H and O–H groups in total. The maximum atomic E-state index is 14.9. The van der Waals surface area contributed by atoms with Gasteiger partial charge in [-0.25, -0.2) is 19.2 Å². The minimum absolute atomic E-state index is 0.140. The lowest BCUT2D eigenvalue weighted by Gasteiger charge is -2.47. The van der Waals surface area contributed by atoms with E-state index < -0.39 is 125 Å². The number of anilines is 1. The zero-order valence-electron chi connectivity index (χ0n) is 55.3. The Morgan fingerprint density at radius 1 is 0.874 bits per heavy atom. The molecule has 3 aliphatic heterocycles. The summed E-state index contributed by atoms with van der Waals surface area (Å²) in [4.78, 5) is 87.0. The summed E-state index contributed by atoms with van der Waals surface area (Å²) in [5, 5.41) is 33.0. The molecule has 0 radical (unpaired) electrons. The van der Waals surface area contributed by atoms with Crippen molar-refractivity contribution in [3.05, 3.63) is 30.5 Å². The number of carbonyl (C=O) groups excluding carboxylic acids is 6. The molecule has 4 heterocycles. The second-order valence-corrected chi connectivity index (χ2v) is 27.3. The SMILES string of the molecule is CC[C@H]1OC(=O)[C@H](C)C(=O)[C@H](C)[C@@H](O[C@@H]2OC(CN(CCNC(=O)OC(C)(C)C)CCNC(=O)OC(C)(C)C)CC(N(C)C)C2O)[C@](C)(OC)C[C@@H](C)CN[C@H](C)[C@H]2N(CCCCn3cc(-c4cccc(NC(=O)OC(C)(C)C)c4)nn3)C(=O)O[C@]12C. The number of aliphatic hydroxyl groups excluding tert-OH is 1. The molecule has 4 amide bonds. The summed E-state index contributed by atoms with van der Waals surface area (Å²) in [5.41, 5.74) is -2.69. The average Bonchev–Trinajstić information content (AvgIpc) is 1.72. The molecule has 3 fully saturated rings. The summed E-state index contributed by atoms with van der Waals surface area (Å²) in [5.74, 6) is -3.74. The Morgan fingerprint density at radius 2 is 1.47 bits per heavy atom. The number of ketones is 1. The van der Waals surface area contributed by atoms with Crippen LogP contribution in [0.2, 0.25) is 0 Å². The van der Waals surface area contributed by atoms with Crippen molar-refractivity contribution < 1.29 is 71.8 Å². The van der Waals surface area contributed by atoms with Crippen molar-refractivity contribution in [2.45, 2.75) is 226 Å². The zero-order chi connectivity index (χ0) is 65.0. The maximum Gasteiger partial charge on any atom is 0.412 e. The monoisotopic (exact) mass is 1230 g/mol. The highest BCUT2D eigenvalue weighted by molar-refractivity contribution is 6.00. The van der Waals surface area contributed by atoms with Gasteiger partial charge in [-0.15, -0.1) is 5.10 Å². The Morgan fingerprint density at radius 3 is 2.05 bits per heavy atom. The number of nitrogens with one attached hydrogen (secondary N) is 4. The molecule has 3 unspecified atom stereocenters. The molecule has 87 heavy (non-hydrogen) atoms. The summed E-state index contributed by atoms with van der Waals surface area (Å²) in [6.45, 7) is 31.4. The molecule has 1 aromatic heterocycles. The number of esters is 1. The first-order valence-electron chi connectivity index (χ1n) is 30.8. The molecular formula is C62H104N10O15. The molecule has 3 aliphatic rings. The number of hydrogen-bond donors (Lipinski definition) is 5. The van der Waals surface area contributed by atoms with Crippen LogP contribution in [0.4, 0.5) is 24.9 Å². The normalized spacial score (nSPS) is 28.9. The number of aromatic nitrogens is 3. The number of ether oxygens (including phenoxy) is 8. The van der Waals surface area contributed by atoms with Gasteiger partial charge in [0.2, 0.25) is 0 Å². The maximum absolute atomic E-state index is 14.9. The van der Waals surface area contributed by atoms with Crippen LogP contribution in [0.5, 0.6) is 0 Å². The highest BCUT2D eigenvalue weighted by Crippen LogP contribution is 2.40. The second kappa shape index (κ2) is 30.7. The number of rotatable bonds is 20. The van der Waals surface area contributed by atoms with Crippen molar-refractivity contribution >= 4 is 41.8 Å². The van der Waals surface area contributed by atoms with Gasteiger partial charge in [-0.3, -0.25) is 29.4 Å². The number of aliphatic hydroxyl groups is 1. The van der Waals surface area contributed by atoms with Crippen molar-refractivity contribution in [3.8, 4) is 11.3 Å². The quantitative estimate of drug-likeness (QED) is 0.0374. The molecule has 5 rings (SSSR count). The highest BCUT2D eigenvalue weighted by atomic mass is 16.7. The number of hydrogen-bond acceptors (Lipinski definition) is 20. The first-order chi connectivity index (χ1) is 40.5. The number of benzene rings is 1. The van der Waals surface area contributed by atoms with E-state index in [2.05, 4.69) is 38.5 Å². The smallest absolute Gasteiger partial charge is 0.412 e. The molecule has 0 aliphatic carbocycles. The molecule has 492 valence electrons. The largest absolute Gasteiger partial charge is 0.458 e. The first-order valence-corrected chi connectivity index (χ1v) is 30.8. The zero-order valence-corrected chi connectivity index (χ0v) is 55.3. The van der Waals surface area contributed by atoms with E-state index in [0.717, 1.165) is 5.56 Å². The fraction of sp³-hybridized carbons (Fsp3) is 0.774. The number of carbonyl (C=O) groups is 6. The highest BCUT2D eigenvalue weighted by Gasteiger charge is 2.59. The molecule has 0 bridgehead atoms. The van der Waals surface area contributed by atoms with Gasteiger partial charge in [0.25, 0.3) is 0 Å². The van der Waals surface area contributed by atoms with E-state index >= 15 is 0 Å². The number of aryl methyl sites for hydroxylation is 1. The van der Waals surface area contributed by atoms with Crippen LogP contribution in [0.15, 0.2) is 30.5 Å². The van der Waals surface area contributed by atoms with Crippen LogP contribution in [0.3, 0.4) is 0 Å². The van der Waals surface area contributed by atoms with Gasteiger partial charge >= 0.3 is 30.3 Å². The van der Waals surface area contributed by atoms with Crippen molar-refractivity contribution in [1.29, 1.82) is 0 Å². The van der Waals surface area contributed by atoms with Crippen molar-refractivity contribution in [2.24, 2.45) is 17.8 Å². The van der Waals surface area contributed by atoms with E-state index in [1.54, 1.807) is 105 Å². The Hall–Kier alpha value is -5.70. The summed E-state index contributed by atoms with van der Waals surface area (Å²) >= 11 is 0. The van der Waals surface area contributed by atoms with Crippen LogP contribution in [0.25, 0.3) is 11.3 Å². The lowest BCUT2D eigenvalue weighted by Crippen LogP contribution is -2.61. The Bertz CT molecular complexity index is 2570. The van der Waals surface area contributed by atoms with Gasteiger partial charge in [-0.05, 0) is 161 Å². The van der Waals surface area contributed by atoms with Gasteiger partial charge in [-0.2, -0.15) is 0 Å². The molecular weight excluding hydrogens is 1120 g/mol. The van der Waals surface area contributed by atoms with E-state index in [1.165, 1.54) is 6.92 Å². The Kier molecular flexibility index (Phi) is 25.4. The molecule has 25 heteroatoms. The minimum atomic E-state index is -1.33. The molecule has 0 spiro atoms. The number of methoxy groups -OCH3 is 1.